The van der Waals surface area contributed by atoms with Gasteiger partial charge in [0.25, 0.3) is 0 Å². The maximum Gasteiger partial charge on any atom is 0.233 e. The zero-order valence-electron chi connectivity index (χ0n) is 17.9. The summed E-state index contributed by atoms with van der Waals surface area (Å²) >= 11 is 1.13. The second-order valence-electron chi connectivity index (χ2n) is 7.61. The average Bonchev–Trinajstić information content (AvgIpc) is 3.22. The van der Waals surface area contributed by atoms with Gasteiger partial charge < -0.3 is 9.47 Å². The number of thiazole rings is 1. The second kappa shape index (κ2) is 10.3. The Bertz CT molecular complexity index is 1070. The summed E-state index contributed by atoms with van der Waals surface area (Å²) in [6.45, 7) is 4.42. The highest BCUT2D eigenvalue weighted by Crippen LogP contribution is 2.31. The molecular weight excluding hydrogens is 436 g/mol. The van der Waals surface area contributed by atoms with E-state index in [1.807, 2.05) is 12.1 Å². The van der Waals surface area contributed by atoms with E-state index in [1.165, 1.54) is 6.07 Å². The van der Waals surface area contributed by atoms with Crippen molar-refractivity contribution in [2.24, 2.45) is 0 Å². The summed E-state index contributed by atoms with van der Waals surface area (Å²) in [7, 11) is 1.59. The molecule has 0 spiro atoms. The Kier molecular flexibility index (Phi) is 7.29. The van der Waals surface area contributed by atoms with Crippen LogP contribution in [0.3, 0.4) is 0 Å². The van der Waals surface area contributed by atoms with Crippen LogP contribution >= 0.6 is 11.3 Å². The van der Waals surface area contributed by atoms with E-state index in [0.29, 0.717) is 35.3 Å². The number of hydrogen-bond acceptors (Lipinski definition) is 6. The summed E-state index contributed by atoms with van der Waals surface area (Å²) in [5.74, 6) is -0.809. The molecule has 1 fully saturated rings. The third-order valence-electron chi connectivity index (χ3n) is 5.41. The minimum Gasteiger partial charge on any atom is -0.497 e. The highest BCUT2D eigenvalue weighted by molar-refractivity contribution is 7.22. The Hall–Kier alpha value is -2.62. The Balaban J connectivity index is 1.53. The number of rotatable bonds is 8. The lowest BCUT2D eigenvalue weighted by atomic mass is 10.1. The van der Waals surface area contributed by atoms with Crippen LogP contribution in [-0.2, 0) is 16.0 Å². The van der Waals surface area contributed by atoms with Crippen LogP contribution in [-0.4, -0.2) is 62.3 Å². The van der Waals surface area contributed by atoms with Gasteiger partial charge in [-0.05, 0) is 30.2 Å². The third kappa shape index (κ3) is 5.40. The van der Waals surface area contributed by atoms with Crippen LogP contribution in [0.25, 0.3) is 10.2 Å². The smallest absolute Gasteiger partial charge is 0.233 e. The number of morpholine rings is 1. The van der Waals surface area contributed by atoms with Gasteiger partial charge >= 0.3 is 0 Å². The molecule has 0 aliphatic carbocycles. The van der Waals surface area contributed by atoms with E-state index in [0.717, 1.165) is 49.0 Å². The van der Waals surface area contributed by atoms with Crippen LogP contribution < -0.4 is 9.64 Å². The van der Waals surface area contributed by atoms with Gasteiger partial charge in [0, 0.05) is 32.2 Å². The molecule has 1 saturated heterocycles. The number of carbonyl (C=O) groups excluding carboxylic acids is 1. The van der Waals surface area contributed by atoms with Gasteiger partial charge in [0.15, 0.2) is 10.9 Å². The molecule has 1 aliphatic rings. The quantitative estimate of drug-likeness (QED) is 0.510. The van der Waals surface area contributed by atoms with Crippen LogP contribution in [0.15, 0.2) is 36.4 Å². The number of halogens is 2. The largest absolute Gasteiger partial charge is 0.497 e. The zero-order chi connectivity index (χ0) is 22.5. The van der Waals surface area contributed by atoms with Gasteiger partial charge in [-0.2, -0.15) is 0 Å². The fraction of sp³-hybridized carbons (Fsp3) is 0.391. The molecule has 0 unspecified atom stereocenters. The number of methoxy groups -OCH3 is 1. The van der Waals surface area contributed by atoms with Gasteiger partial charge in [0.2, 0.25) is 5.91 Å². The van der Waals surface area contributed by atoms with Crippen LogP contribution in [0.2, 0.25) is 0 Å². The first-order valence-electron chi connectivity index (χ1n) is 10.5. The standard InChI is InChI=1S/C23H25F2N3O3S/c1-30-18-5-3-16(4-6-18)13-21(29)28(8-2-7-27-9-11-31-12-10-27)23-26-22-19(25)14-17(24)15-20(22)32-23/h3-6,14-15H,2,7-13H2,1H3. The highest BCUT2D eigenvalue weighted by Gasteiger charge is 2.22. The Morgan fingerprint density at radius 3 is 2.69 bits per heavy atom. The number of carbonyl (C=O) groups is 1. The van der Waals surface area contributed by atoms with Crippen molar-refractivity contribution in [3.05, 3.63) is 53.6 Å². The number of benzene rings is 2. The molecule has 0 radical (unpaired) electrons. The van der Waals surface area contributed by atoms with Crippen molar-refractivity contribution in [2.45, 2.75) is 12.8 Å². The topological polar surface area (TPSA) is 54.9 Å². The summed E-state index contributed by atoms with van der Waals surface area (Å²) < 4.78 is 38.8. The number of nitrogens with zero attached hydrogens (tertiary/aromatic N) is 3. The molecule has 170 valence electrons. The molecular formula is C23H25F2N3O3S. The predicted octanol–water partition coefficient (Wildman–Crippen LogP) is 3.88. The van der Waals surface area contributed by atoms with Crippen LogP contribution in [0, 0.1) is 11.6 Å². The van der Waals surface area contributed by atoms with Gasteiger partial charge in [0.05, 0.1) is 31.4 Å². The van der Waals surface area contributed by atoms with Crippen molar-refractivity contribution in [3.63, 3.8) is 0 Å². The fourth-order valence-corrected chi connectivity index (χ4v) is 4.73. The first-order chi connectivity index (χ1) is 15.5. The van der Waals surface area contributed by atoms with Gasteiger partial charge in [-0.3, -0.25) is 14.6 Å². The first-order valence-corrected chi connectivity index (χ1v) is 11.3. The molecule has 32 heavy (non-hydrogen) atoms. The van der Waals surface area contributed by atoms with E-state index in [-0.39, 0.29) is 17.8 Å². The van der Waals surface area contributed by atoms with Crippen LogP contribution in [0.5, 0.6) is 5.75 Å². The van der Waals surface area contributed by atoms with E-state index < -0.39 is 11.6 Å². The molecule has 3 aromatic rings. The monoisotopic (exact) mass is 461 g/mol. The van der Waals surface area contributed by atoms with Crippen molar-refractivity contribution in [2.75, 3.05) is 51.4 Å². The summed E-state index contributed by atoms with van der Waals surface area (Å²) in [5.41, 5.74) is 0.925. The van der Waals surface area contributed by atoms with Gasteiger partial charge in [-0.1, -0.05) is 23.5 Å². The minimum absolute atomic E-state index is 0.0850. The maximum absolute atomic E-state index is 14.2. The lowest BCUT2D eigenvalue weighted by Crippen LogP contribution is -2.39. The molecule has 2 aromatic carbocycles. The van der Waals surface area contributed by atoms with Crippen molar-refractivity contribution < 1.29 is 23.0 Å². The third-order valence-corrected chi connectivity index (χ3v) is 6.43. The van der Waals surface area contributed by atoms with E-state index in [2.05, 4.69) is 9.88 Å². The van der Waals surface area contributed by atoms with E-state index >= 15 is 0 Å². The predicted molar refractivity (Wildman–Crippen MR) is 120 cm³/mol. The molecule has 0 saturated carbocycles. The van der Waals surface area contributed by atoms with Crippen molar-refractivity contribution in [1.82, 2.24) is 9.88 Å². The molecule has 1 aromatic heterocycles. The van der Waals surface area contributed by atoms with Crippen molar-refractivity contribution in [3.8, 4) is 5.75 Å². The lowest BCUT2D eigenvalue weighted by molar-refractivity contribution is -0.118. The normalized spacial score (nSPS) is 14.6. The van der Waals surface area contributed by atoms with E-state index in [4.69, 9.17) is 9.47 Å². The summed E-state index contributed by atoms with van der Waals surface area (Å²) in [5, 5.41) is 0.380. The van der Waals surface area contributed by atoms with Gasteiger partial charge in [-0.25, -0.2) is 13.8 Å². The highest BCUT2D eigenvalue weighted by atomic mass is 32.1. The average molecular weight is 462 g/mol. The number of ether oxygens (including phenoxy) is 2. The molecule has 1 amide bonds. The molecule has 6 nitrogen and oxygen atoms in total. The number of aromatic nitrogens is 1. The number of fused-ring (bicyclic) bond motifs is 1. The number of amides is 1. The summed E-state index contributed by atoms with van der Waals surface area (Å²) in [6, 6.07) is 9.36. The summed E-state index contributed by atoms with van der Waals surface area (Å²) in [4.78, 5) is 21.5. The summed E-state index contributed by atoms with van der Waals surface area (Å²) in [6.07, 6.45) is 0.912. The number of anilines is 1. The Labute approximate surface area is 189 Å². The second-order valence-corrected chi connectivity index (χ2v) is 8.62. The van der Waals surface area contributed by atoms with Gasteiger partial charge in [0.1, 0.15) is 17.1 Å². The Morgan fingerprint density at radius 1 is 1.22 bits per heavy atom. The van der Waals surface area contributed by atoms with Crippen LogP contribution in [0.4, 0.5) is 13.9 Å². The molecule has 9 heteroatoms. The van der Waals surface area contributed by atoms with E-state index in [9.17, 15) is 13.6 Å². The molecule has 0 N–H and O–H groups in total. The maximum atomic E-state index is 14.2. The molecule has 2 heterocycles. The van der Waals surface area contributed by atoms with Crippen molar-refractivity contribution >= 4 is 32.6 Å². The van der Waals surface area contributed by atoms with Crippen molar-refractivity contribution in [1.29, 1.82) is 0 Å². The SMILES string of the molecule is COc1ccc(CC(=O)N(CCCN2CCOCC2)c2nc3c(F)cc(F)cc3s2)cc1. The first kappa shape index (κ1) is 22.6. The molecule has 0 atom stereocenters. The fourth-order valence-electron chi connectivity index (χ4n) is 3.68. The minimum atomic E-state index is -0.724. The molecule has 0 bridgehead atoms. The molecule has 4 rings (SSSR count). The lowest BCUT2D eigenvalue weighted by Gasteiger charge is -2.27. The molecule has 1 aliphatic heterocycles. The number of hydrogen-bond donors (Lipinski definition) is 0. The van der Waals surface area contributed by atoms with E-state index in [1.54, 1.807) is 24.1 Å². The van der Waals surface area contributed by atoms with Gasteiger partial charge in [-0.15, -0.1) is 0 Å². The zero-order valence-corrected chi connectivity index (χ0v) is 18.7. The Morgan fingerprint density at radius 2 is 1.97 bits per heavy atom. The van der Waals surface area contributed by atoms with Crippen LogP contribution in [0.1, 0.15) is 12.0 Å².